The molecular formula is C32H30FN7O2. The molecule has 1 saturated carbocycles. The van der Waals surface area contributed by atoms with Gasteiger partial charge in [0, 0.05) is 43.9 Å². The summed E-state index contributed by atoms with van der Waals surface area (Å²) in [5.74, 6) is 2.19. The Morgan fingerprint density at radius 3 is 2.67 bits per heavy atom. The Balaban J connectivity index is 1.11. The average molecular weight is 564 g/mol. The summed E-state index contributed by atoms with van der Waals surface area (Å²) in [5.41, 5.74) is 5.07. The molecule has 0 bridgehead atoms. The van der Waals surface area contributed by atoms with E-state index in [0.29, 0.717) is 46.1 Å². The monoisotopic (exact) mass is 563 g/mol. The van der Waals surface area contributed by atoms with E-state index in [1.807, 2.05) is 53.8 Å². The van der Waals surface area contributed by atoms with Crippen LogP contribution in [-0.4, -0.2) is 48.4 Å². The summed E-state index contributed by atoms with van der Waals surface area (Å²) in [5, 5.41) is 3.15. The largest absolute Gasteiger partial charge is 0.457 e. The Kier molecular flexibility index (Phi) is 6.33. The number of ether oxygens (including phenoxy) is 1. The van der Waals surface area contributed by atoms with E-state index in [4.69, 9.17) is 9.72 Å². The molecule has 0 radical (unpaired) electrons. The molecule has 3 aromatic heterocycles. The third-order valence-corrected chi connectivity index (χ3v) is 8.60. The highest BCUT2D eigenvalue weighted by Gasteiger charge is 2.42. The number of benzene rings is 2. The lowest BCUT2D eigenvalue weighted by atomic mass is 10.0. The number of nitrogens with one attached hydrogen (secondary N) is 1. The van der Waals surface area contributed by atoms with Crippen LogP contribution in [0.4, 0.5) is 15.9 Å². The number of hydrogen-bond donors (Lipinski definition) is 1. The number of imidazole rings is 1. The van der Waals surface area contributed by atoms with E-state index in [-0.39, 0.29) is 11.6 Å². The number of pyridine rings is 1. The van der Waals surface area contributed by atoms with E-state index in [1.54, 1.807) is 12.4 Å². The molecule has 1 N–H and O–H groups in total. The van der Waals surface area contributed by atoms with Crippen molar-refractivity contribution in [1.82, 2.24) is 29.4 Å². The molecule has 3 atom stereocenters. The second-order valence-electron chi connectivity index (χ2n) is 11.3. The molecule has 42 heavy (non-hydrogen) atoms. The van der Waals surface area contributed by atoms with Crippen molar-refractivity contribution in [2.75, 3.05) is 18.4 Å². The fraction of sp³-hybridized carbons (Fsp3) is 0.281. The molecule has 1 amide bonds. The molecule has 1 aliphatic carbocycles. The Morgan fingerprint density at radius 1 is 1.07 bits per heavy atom. The third kappa shape index (κ3) is 4.62. The van der Waals surface area contributed by atoms with Crippen molar-refractivity contribution >= 4 is 39.5 Å². The van der Waals surface area contributed by atoms with E-state index < -0.39 is 5.82 Å². The Hall–Kier alpha value is -4.86. The zero-order valence-electron chi connectivity index (χ0n) is 23.4. The van der Waals surface area contributed by atoms with E-state index in [2.05, 4.69) is 26.8 Å². The molecule has 10 heteroatoms. The van der Waals surface area contributed by atoms with E-state index in [0.717, 1.165) is 48.2 Å². The van der Waals surface area contributed by atoms with Crippen LogP contribution in [-0.2, 0) is 11.8 Å². The van der Waals surface area contributed by atoms with Gasteiger partial charge in [-0.15, -0.1) is 0 Å². The van der Waals surface area contributed by atoms with Crippen LogP contribution in [0, 0.1) is 24.6 Å². The molecule has 9 nitrogen and oxygen atoms in total. The van der Waals surface area contributed by atoms with Crippen molar-refractivity contribution in [1.29, 1.82) is 0 Å². The zero-order valence-corrected chi connectivity index (χ0v) is 23.4. The van der Waals surface area contributed by atoms with Gasteiger partial charge in [-0.2, -0.15) is 0 Å². The molecule has 4 heterocycles. The van der Waals surface area contributed by atoms with Crippen molar-refractivity contribution in [2.45, 2.75) is 25.7 Å². The number of anilines is 2. The normalized spacial score (nSPS) is 19.8. The number of carbonyl (C=O) groups excluding carboxylic acids is 1. The molecule has 0 spiro atoms. The molecule has 1 aliphatic heterocycles. The van der Waals surface area contributed by atoms with Gasteiger partial charge < -0.3 is 19.5 Å². The molecule has 2 aliphatic rings. The van der Waals surface area contributed by atoms with Gasteiger partial charge >= 0.3 is 0 Å². The zero-order chi connectivity index (χ0) is 29.0. The summed E-state index contributed by atoms with van der Waals surface area (Å²) in [6, 6.07) is 12.7. The Bertz CT molecular complexity index is 1860. The number of likely N-dealkylation sites (tertiary alicyclic amines) is 1. The predicted octanol–water partition coefficient (Wildman–Crippen LogP) is 6.03. The Labute approximate surface area is 242 Å². The maximum Gasteiger partial charge on any atom is 0.245 e. The predicted molar refractivity (Wildman–Crippen MR) is 158 cm³/mol. The van der Waals surface area contributed by atoms with Crippen LogP contribution in [0.1, 0.15) is 30.0 Å². The van der Waals surface area contributed by atoms with Crippen molar-refractivity contribution in [2.24, 2.45) is 18.9 Å². The lowest BCUT2D eigenvalue weighted by Crippen LogP contribution is -2.27. The van der Waals surface area contributed by atoms with Gasteiger partial charge in [-0.3, -0.25) is 4.79 Å². The quantitative estimate of drug-likeness (QED) is 0.252. The first kappa shape index (κ1) is 26.1. The second-order valence-corrected chi connectivity index (χ2v) is 11.3. The molecule has 5 aromatic rings. The molecule has 1 unspecified atom stereocenters. The summed E-state index contributed by atoms with van der Waals surface area (Å²) in [6.07, 6.45) is 6.54. The minimum atomic E-state index is -0.473. The van der Waals surface area contributed by atoms with Crippen LogP contribution in [0.15, 0.2) is 67.8 Å². The Morgan fingerprint density at radius 2 is 1.88 bits per heavy atom. The standard InChI is InChI=1S/C32H30FN7O2/c1-4-30(41)40-14-20-10-19(11-21(20)15-40)24-6-7-25-31(37-24)32(35-16-34-25)38-26-9-18(2)29(13-23(26)33)42-22-5-8-28-27(12-22)36-17-39(28)3/h4-9,12-13,16-17,19-21H,1,10-11,14-15H2,2-3H3,(H,34,35,38)/t19?,20-,21+. The van der Waals surface area contributed by atoms with Crippen LogP contribution in [0.3, 0.4) is 0 Å². The van der Waals surface area contributed by atoms with E-state index in [1.165, 1.54) is 18.5 Å². The van der Waals surface area contributed by atoms with Crippen LogP contribution >= 0.6 is 0 Å². The van der Waals surface area contributed by atoms with Crippen molar-refractivity contribution < 1.29 is 13.9 Å². The maximum atomic E-state index is 15.4. The number of rotatable bonds is 6. The molecule has 7 rings (SSSR count). The fourth-order valence-electron chi connectivity index (χ4n) is 6.43. The van der Waals surface area contributed by atoms with Gasteiger partial charge in [0.1, 0.15) is 29.2 Å². The van der Waals surface area contributed by atoms with Crippen molar-refractivity contribution in [3.8, 4) is 11.5 Å². The number of aromatic nitrogens is 5. The van der Waals surface area contributed by atoms with Gasteiger partial charge in [0.25, 0.3) is 0 Å². The van der Waals surface area contributed by atoms with Crippen LogP contribution in [0.25, 0.3) is 22.1 Å². The molecule has 1 saturated heterocycles. The topological polar surface area (TPSA) is 98.1 Å². The highest BCUT2D eigenvalue weighted by Crippen LogP contribution is 2.46. The summed E-state index contributed by atoms with van der Waals surface area (Å²) in [7, 11) is 1.93. The third-order valence-electron chi connectivity index (χ3n) is 8.60. The van der Waals surface area contributed by atoms with E-state index >= 15 is 4.39 Å². The highest BCUT2D eigenvalue weighted by atomic mass is 19.1. The first-order chi connectivity index (χ1) is 20.4. The van der Waals surface area contributed by atoms with Gasteiger partial charge in [0.15, 0.2) is 5.82 Å². The number of amides is 1. The smallest absolute Gasteiger partial charge is 0.245 e. The molecule has 2 fully saturated rings. The van der Waals surface area contributed by atoms with Gasteiger partial charge in [-0.1, -0.05) is 6.58 Å². The minimum absolute atomic E-state index is 0.00527. The summed E-state index contributed by atoms with van der Waals surface area (Å²) >= 11 is 0. The van der Waals surface area contributed by atoms with Gasteiger partial charge in [0.05, 0.1) is 28.6 Å². The van der Waals surface area contributed by atoms with E-state index in [9.17, 15) is 4.79 Å². The first-order valence-corrected chi connectivity index (χ1v) is 14.1. The van der Waals surface area contributed by atoms with Gasteiger partial charge in [-0.05, 0) is 73.6 Å². The average Bonchev–Trinajstić information content (AvgIpc) is 3.69. The van der Waals surface area contributed by atoms with Crippen LogP contribution < -0.4 is 10.1 Å². The number of fused-ring (bicyclic) bond motifs is 3. The summed E-state index contributed by atoms with van der Waals surface area (Å²) in [6.45, 7) is 7.03. The summed E-state index contributed by atoms with van der Waals surface area (Å²) < 4.78 is 23.4. The fourth-order valence-corrected chi connectivity index (χ4v) is 6.43. The van der Waals surface area contributed by atoms with Crippen LogP contribution in [0.2, 0.25) is 0 Å². The molecule has 2 aromatic carbocycles. The lowest BCUT2D eigenvalue weighted by molar-refractivity contribution is -0.125. The minimum Gasteiger partial charge on any atom is -0.457 e. The number of aryl methyl sites for hydroxylation is 2. The van der Waals surface area contributed by atoms with Gasteiger partial charge in [0.2, 0.25) is 5.91 Å². The molecule has 212 valence electrons. The van der Waals surface area contributed by atoms with Crippen molar-refractivity contribution in [3.05, 3.63) is 84.8 Å². The van der Waals surface area contributed by atoms with Crippen LogP contribution in [0.5, 0.6) is 11.5 Å². The lowest BCUT2D eigenvalue weighted by Gasteiger charge is -2.18. The number of nitrogens with zero attached hydrogens (tertiary/aromatic N) is 6. The number of halogens is 1. The summed E-state index contributed by atoms with van der Waals surface area (Å²) in [4.78, 5) is 32.1. The van der Waals surface area contributed by atoms with Gasteiger partial charge in [-0.25, -0.2) is 24.3 Å². The van der Waals surface area contributed by atoms with Crippen molar-refractivity contribution in [3.63, 3.8) is 0 Å². The molecular weight excluding hydrogens is 533 g/mol. The number of carbonyl (C=O) groups is 1. The first-order valence-electron chi connectivity index (χ1n) is 14.1. The highest BCUT2D eigenvalue weighted by molar-refractivity contribution is 5.88. The second kappa shape index (κ2) is 10.2. The SMILES string of the molecule is C=CC(=O)N1C[C@H]2CC(c3ccc4ncnc(Nc5cc(C)c(Oc6ccc7c(c6)ncn7C)cc5F)c4n3)C[C@H]2C1. The number of hydrogen-bond acceptors (Lipinski definition) is 7. The maximum absolute atomic E-state index is 15.4.